The molecule has 1 aromatic rings. The van der Waals surface area contributed by atoms with Crippen molar-refractivity contribution in [1.29, 1.82) is 0 Å². The van der Waals surface area contributed by atoms with E-state index in [2.05, 4.69) is 9.40 Å². The van der Waals surface area contributed by atoms with Crippen LogP contribution in [-0.4, -0.2) is 4.98 Å². The number of rotatable bonds is 1. The van der Waals surface area contributed by atoms with Gasteiger partial charge in [-0.05, 0) is 0 Å². The Morgan fingerprint density at radius 2 is 2.71 bits per heavy atom. The maximum atomic E-state index is 11.2. The molecule has 0 spiro atoms. The lowest BCUT2D eigenvalue weighted by molar-refractivity contribution is 0.506. The van der Waals surface area contributed by atoms with Gasteiger partial charge in [0.1, 0.15) is 6.26 Å². The molecule has 1 heterocycles. The van der Waals surface area contributed by atoms with Gasteiger partial charge in [-0.3, -0.25) is 0 Å². The summed E-state index contributed by atoms with van der Waals surface area (Å²) >= 11 is 0. The molecule has 0 aromatic carbocycles. The smallest absolute Gasteiger partial charge is 0.323 e. The number of hydrogen-bond acceptors (Lipinski definition) is 3. The van der Waals surface area contributed by atoms with Crippen molar-refractivity contribution in [1.82, 2.24) is 4.98 Å². The zero-order valence-corrected chi connectivity index (χ0v) is 3.39. The first-order valence-electron chi connectivity index (χ1n) is 1.69. The Balaban J connectivity index is 2.76. The summed E-state index contributed by atoms with van der Waals surface area (Å²) in [5, 5.41) is 0. The predicted octanol–water partition coefficient (Wildman–Crippen LogP) is 0.971. The molecule has 0 fully saturated rings. The van der Waals surface area contributed by atoms with Crippen LogP contribution in [0.5, 0.6) is 0 Å². The first kappa shape index (κ1) is 4.11. The number of nitrogens with zero attached hydrogens (tertiary/aromatic N) is 1. The van der Waals surface area contributed by atoms with Crippen LogP contribution in [0.2, 0.25) is 0 Å². The summed E-state index contributed by atoms with van der Waals surface area (Å²) in [6.45, 7) is 0. The van der Waals surface area contributed by atoms with Crippen LogP contribution in [-0.2, 0) is 0 Å². The van der Waals surface area contributed by atoms with Gasteiger partial charge in [-0.25, -0.2) is 4.98 Å². The third-order valence-electron chi connectivity index (χ3n) is 0.513. The quantitative estimate of drug-likeness (QED) is 0.537. The van der Waals surface area contributed by atoms with E-state index in [9.17, 15) is 4.48 Å². The normalized spacial score (nSPS) is 8.71. The van der Waals surface area contributed by atoms with Crippen LogP contribution in [0.3, 0.4) is 0 Å². The van der Waals surface area contributed by atoms with Crippen LogP contribution in [0, 0.1) is 0 Å². The van der Waals surface area contributed by atoms with E-state index in [0.29, 0.717) is 0 Å². The first-order valence-corrected chi connectivity index (χ1v) is 1.69. The van der Waals surface area contributed by atoms with Crippen molar-refractivity contribution in [3.8, 4) is 0 Å². The van der Waals surface area contributed by atoms with Crippen LogP contribution in [0.15, 0.2) is 16.9 Å². The molecule has 0 aliphatic heterocycles. The maximum absolute atomic E-state index is 11.2. The van der Waals surface area contributed by atoms with Gasteiger partial charge in [0.05, 0.1) is 6.20 Å². The first-order chi connectivity index (χ1) is 3.43. The van der Waals surface area contributed by atoms with Crippen LogP contribution < -0.4 is 5.54 Å². The van der Waals surface area contributed by atoms with Gasteiger partial charge in [-0.1, -0.05) is 4.48 Å². The Kier molecular flexibility index (Phi) is 0.934. The monoisotopic (exact) mass is 102 g/mol. The second-order valence-electron chi connectivity index (χ2n) is 0.932. The molecule has 1 rings (SSSR count). The van der Waals surface area contributed by atoms with Crippen molar-refractivity contribution in [3.63, 3.8) is 0 Å². The third-order valence-corrected chi connectivity index (χ3v) is 0.513. The summed E-state index contributed by atoms with van der Waals surface area (Å²) in [5.41, 5.74) is 1.23. The third kappa shape index (κ3) is 0.677. The lowest BCUT2D eigenvalue weighted by Crippen LogP contribution is -1.77. The fourth-order valence-corrected chi connectivity index (χ4v) is 0.270. The zero-order valence-electron chi connectivity index (χ0n) is 3.39. The molecule has 0 saturated carbocycles. The highest BCUT2D eigenvalue weighted by molar-refractivity contribution is 5.11. The molecule has 1 N–H and O–H groups in total. The lowest BCUT2D eigenvalue weighted by atomic mass is 11.0. The Bertz CT molecular complexity index is 127. The topological polar surface area (TPSA) is 38.1 Å². The van der Waals surface area contributed by atoms with E-state index < -0.39 is 0 Å². The second kappa shape index (κ2) is 1.59. The van der Waals surface area contributed by atoms with Crippen LogP contribution in [0.4, 0.5) is 10.5 Å². The van der Waals surface area contributed by atoms with E-state index in [1.54, 1.807) is 0 Å². The minimum atomic E-state index is -0.111. The molecule has 0 saturated heterocycles. The molecule has 4 heteroatoms. The van der Waals surface area contributed by atoms with Gasteiger partial charge in [0.15, 0.2) is 0 Å². The predicted molar refractivity (Wildman–Crippen MR) is 21.2 cm³/mol. The Morgan fingerprint density at radius 3 is 3.00 bits per heavy atom. The number of aromatic nitrogens is 1. The summed E-state index contributed by atoms with van der Waals surface area (Å²) in [5.74, 6) is 0. The molecular formula is C3H3FN2O. The van der Waals surface area contributed by atoms with Crippen molar-refractivity contribution in [2.24, 2.45) is 0 Å². The molecule has 3 nitrogen and oxygen atoms in total. The molecule has 38 valence electrons. The van der Waals surface area contributed by atoms with Gasteiger partial charge >= 0.3 is 6.01 Å². The van der Waals surface area contributed by atoms with Crippen LogP contribution in [0.25, 0.3) is 0 Å². The summed E-state index contributed by atoms with van der Waals surface area (Å²) in [7, 11) is 0. The summed E-state index contributed by atoms with van der Waals surface area (Å²) in [6.07, 6.45) is 2.63. The second-order valence-corrected chi connectivity index (χ2v) is 0.932. The molecule has 7 heavy (non-hydrogen) atoms. The minimum absolute atomic E-state index is 0.111. The Hall–Kier alpha value is -1.06. The van der Waals surface area contributed by atoms with Gasteiger partial charge < -0.3 is 4.42 Å². The molecule has 1 aromatic heterocycles. The van der Waals surface area contributed by atoms with Gasteiger partial charge in [-0.2, -0.15) is 5.54 Å². The van der Waals surface area contributed by atoms with E-state index in [1.807, 2.05) is 0 Å². The molecule has 0 bridgehead atoms. The highest BCUT2D eigenvalue weighted by Crippen LogP contribution is 1.98. The number of oxazole rings is 1. The van der Waals surface area contributed by atoms with Gasteiger partial charge in [-0.15, -0.1) is 0 Å². The number of anilines is 1. The molecule has 0 atom stereocenters. The van der Waals surface area contributed by atoms with E-state index in [-0.39, 0.29) is 6.01 Å². The molecular weight excluding hydrogens is 99.0 g/mol. The van der Waals surface area contributed by atoms with Gasteiger partial charge in [0.25, 0.3) is 0 Å². The Morgan fingerprint density at radius 1 is 1.86 bits per heavy atom. The molecule has 0 radical (unpaired) electrons. The van der Waals surface area contributed by atoms with E-state index in [0.717, 1.165) is 0 Å². The summed E-state index contributed by atoms with van der Waals surface area (Å²) in [6, 6.07) is -0.111. The molecule has 0 amide bonds. The van der Waals surface area contributed by atoms with Crippen LogP contribution >= 0.6 is 0 Å². The zero-order chi connectivity index (χ0) is 5.11. The SMILES string of the molecule is FNc1ncco1. The standard InChI is InChI=1S/C3H3FN2O/c4-6-3-5-1-2-7-3/h1-2H,(H,5,6). The number of halogens is 1. The molecule has 0 unspecified atom stereocenters. The van der Waals surface area contributed by atoms with Gasteiger partial charge in [0, 0.05) is 0 Å². The highest BCUT2D eigenvalue weighted by Gasteiger charge is 1.87. The largest absolute Gasteiger partial charge is 0.431 e. The number of nitrogens with one attached hydrogen (secondary N) is 1. The van der Waals surface area contributed by atoms with E-state index >= 15 is 0 Å². The maximum Gasteiger partial charge on any atom is 0.323 e. The average Bonchev–Trinajstić information content (AvgIpc) is 2.14. The highest BCUT2D eigenvalue weighted by atomic mass is 19.2. The Labute approximate surface area is 39.1 Å². The summed E-state index contributed by atoms with van der Waals surface area (Å²) in [4.78, 5) is 3.38. The van der Waals surface area contributed by atoms with Crippen LogP contribution in [0.1, 0.15) is 0 Å². The van der Waals surface area contributed by atoms with E-state index in [4.69, 9.17) is 0 Å². The van der Waals surface area contributed by atoms with Crippen molar-refractivity contribution >= 4 is 6.01 Å². The molecule has 0 aliphatic rings. The van der Waals surface area contributed by atoms with Crippen molar-refractivity contribution in [2.75, 3.05) is 5.54 Å². The number of hydrogen-bond donors (Lipinski definition) is 1. The fourth-order valence-electron chi connectivity index (χ4n) is 0.270. The lowest BCUT2D eigenvalue weighted by Gasteiger charge is -1.78. The van der Waals surface area contributed by atoms with Crippen molar-refractivity contribution in [3.05, 3.63) is 12.5 Å². The van der Waals surface area contributed by atoms with E-state index in [1.165, 1.54) is 18.0 Å². The minimum Gasteiger partial charge on any atom is -0.431 e. The molecule has 0 aliphatic carbocycles. The van der Waals surface area contributed by atoms with Crippen molar-refractivity contribution in [2.45, 2.75) is 0 Å². The fraction of sp³-hybridized carbons (Fsp3) is 0. The van der Waals surface area contributed by atoms with Gasteiger partial charge in [0.2, 0.25) is 0 Å². The average molecular weight is 102 g/mol. The summed E-state index contributed by atoms with van der Waals surface area (Å²) < 4.78 is 15.5. The van der Waals surface area contributed by atoms with Crippen molar-refractivity contribution < 1.29 is 8.90 Å².